The van der Waals surface area contributed by atoms with Crippen molar-refractivity contribution in [1.82, 2.24) is 29.7 Å². The van der Waals surface area contributed by atoms with E-state index < -0.39 is 23.8 Å². The maximum atomic E-state index is 13.2. The van der Waals surface area contributed by atoms with Crippen LogP contribution in [0.1, 0.15) is 72.1 Å². The second kappa shape index (κ2) is 15.7. The Kier molecular flexibility index (Phi) is 10.2. The minimum atomic E-state index is -0.955. The maximum Gasteiger partial charge on any atom is 0.262 e. The SMILES string of the molecule is Cn1c2ccncc2c2ccc(-c3ccc(O[C@H]4C[C@H](OCCCCCCN5CCN(c6ccc7c(c6)C(=O)N(C6CCC(=O)NC6=O)C7=O)CC5)C4)nc3)cc21. The second-order valence-electron chi connectivity index (χ2n) is 15.7. The van der Waals surface area contributed by atoms with Crippen LogP contribution in [0.15, 0.2) is 73.2 Å². The monoisotopic (exact) mass is 769 g/mol. The highest BCUT2D eigenvalue weighted by molar-refractivity contribution is 6.23. The number of nitrogens with zero attached hydrogens (tertiary/aromatic N) is 6. The molecule has 4 aliphatic rings. The van der Waals surface area contributed by atoms with Crippen molar-refractivity contribution in [2.45, 2.75) is 69.6 Å². The molecule has 294 valence electrons. The van der Waals surface area contributed by atoms with Gasteiger partial charge in [-0.1, -0.05) is 25.0 Å². The molecule has 2 aromatic carbocycles. The van der Waals surface area contributed by atoms with Crippen LogP contribution < -0.4 is 15.0 Å². The fraction of sp³-hybridized carbons (Fsp3) is 0.409. The summed E-state index contributed by atoms with van der Waals surface area (Å²) in [6.45, 7) is 5.36. The topological polar surface area (TPSA) is 139 Å². The highest BCUT2D eigenvalue weighted by Gasteiger charge is 2.45. The lowest BCUT2D eigenvalue weighted by atomic mass is 9.92. The van der Waals surface area contributed by atoms with Crippen LogP contribution >= 0.6 is 0 Å². The van der Waals surface area contributed by atoms with Crippen LogP contribution in [-0.4, -0.2) is 106 Å². The van der Waals surface area contributed by atoms with Gasteiger partial charge in [0.15, 0.2) is 0 Å². The summed E-state index contributed by atoms with van der Waals surface area (Å²) in [4.78, 5) is 64.9. The van der Waals surface area contributed by atoms with E-state index >= 15 is 0 Å². The Hall–Kier alpha value is -5.66. The molecule has 3 aliphatic heterocycles. The molecule has 4 amide bonds. The molecule has 1 N–H and O–H groups in total. The van der Waals surface area contributed by atoms with Crippen LogP contribution in [0.3, 0.4) is 0 Å². The third kappa shape index (κ3) is 7.37. The summed E-state index contributed by atoms with van der Waals surface area (Å²) in [6, 6.07) is 17.0. The van der Waals surface area contributed by atoms with Crippen LogP contribution in [0.5, 0.6) is 5.88 Å². The first-order valence-corrected chi connectivity index (χ1v) is 20.2. The quantitative estimate of drug-likeness (QED) is 0.121. The van der Waals surface area contributed by atoms with Crippen molar-refractivity contribution < 1.29 is 28.7 Å². The number of piperazine rings is 1. The van der Waals surface area contributed by atoms with E-state index in [0.29, 0.717) is 17.0 Å². The summed E-state index contributed by atoms with van der Waals surface area (Å²) < 4.78 is 14.5. The first-order chi connectivity index (χ1) is 27.8. The number of carbonyl (C=O) groups excluding carboxylic acids is 4. The zero-order chi connectivity index (χ0) is 39.0. The van der Waals surface area contributed by atoms with Crippen molar-refractivity contribution >= 4 is 51.1 Å². The number of carbonyl (C=O) groups is 4. The van der Waals surface area contributed by atoms with E-state index in [2.05, 4.69) is 61.0 Å². The molecule has 5 aromatic rings. The number of nitrogens with one attached hydrogen (secondary N) is 1. The number of hydrogen-bond donors (Lipinski definition) is 1. The van der Waals surface area contributed by atoms with Gasteiger partial charge in [-0.15, -0.1) is 0 Å². The molecule has 13 heteroatoms. The van der Waals surface area contributed by atoms with E-state index in [-0.39, 0.29) is 31.0 Å². The van der Waals surface area contributed by atoms with Crippen LogP contribution in [0, 0.1) is 0 Å². The fourth-order valence-corrected chi connectivity index (χ4v) is 8.70. The fourth-order valence-electron chi connectivity index (χ4n) is 8.70. The number of unbranched alkanes of at least 4 members (excludes halogenated alkanes) is 3. The Bertz CT molecular complexity index is 2340. The second-order valence-corrected chi connectivity index (χ2v) is 15.7. The number of benzene rings is 2. The molecule has 2 saturated heterocycles. The molecule has 13 nitrogen and oxygen atoms in total. The zero-order valence-electron chi connectivity index (χ0n) is 32.2. The van der Waals surface area contributed by atoms with Gasteiger partial charge in [0.25, 0.3) is 11.8 Å². The van der Waals surface area contributed by atoms with Crippen molar-refractivity contribution in [2.75, 3.05) is 44.2 Å². The standard InChI is InChI=1S/C44H47N7O6/c1-48-37-14-15-45-27-36(37)33-9-6-28(22-39(33)48)29-7-13-41(46-26-29)57-32-24-31(25-32)56-21-5-3-2-4-16-49-17-19-50(20-18-49)30-8-10-34-35(23-30)44(55)51(43(34)54)38-11-12-40(52)47-42(38)53/h6-10,13-15,22-23,26-27,31-32,38H,2-5,11-12,16-21,24-25H2,1H3,(H,47,52,53)/t31-,32-,38?. The largest absolute Gasteiger partial charge is 0.474 e. The minimum absolute atomic E-state index is 0.104. The molecular formula is C44H47N7O6. The molecule has 3 aromatic heterocycles. The summed E-state index contributed by atoms with van der Waals surface area (Å²) in [5, 5.41) is 4.60. The van der Waals surface area contributed by atoms with E-state index in [1.165, 1.54) is 22.8 Å². The highest BCUT2D eigenvalue weighted by atomic mass is 16.5. The summed E-state index contributed by atoms with van der Waals surface area (Å²) in [7, 11) is 2.09. The number of imide groups is 2. The van der Waals surface area contributed by atoms with Crippen molar-refractivity contribution in [2.24, 2.45) is 7.05 Å². The van der Waals surface area contributed by atoms with Crippen molar-refractivity contribution in [3.8, 4) is 17.0 Å². The number of pyridine rings is 2. The van der Waals surface area contributed by atoms with Gasteiger partial charge < -0.3 is 18.9 Å². The number of amides is 4. The molecule has 1 atom stereocenters. The lowest BCUT2D eigenvalue weighted by Gasteiger charge is -2.36. The van der Waals surface area contributed by atoms with Gasteiger partial charge in [-0.2, -0.15) is 0 Å². The number of ether oxygens (including phenoxy) is 2. The van der Waals surface area contributed by atoms with E-state index in [1.54, 1.807) is 12.1 Å². The average molecular weight is 770 g/mol. The molecule has 1 unspecified atom stereocenters. The van der Waals surface area contributed by atoms with Gasteiger partial charge in [0.1, 0.15) is 12.1 Å². The summed E-state index contributed by atoms with van der Waals surface area (Å²) in [5.41, 5.74) is 6.05. The van der Waals surface area contributed by atoms with Gasteiger partial charge in [-0.05, 0) is 67.8 Å². The molecule has 9 rings (SSSR count). The summed E-state index contributed by atoms with van der Waals surface area (Å²) >= 11 is 0. The normalized spacial score (nSPS) is 21.3. The number of rotatable bonds is 13. The van der Waals surface area contributed by atoms with Crippen LogP contribution in [-0.2, 0) is 21.4 Å². The van der Waals surface area contributed by atoms with E-state index in [0.717, 1.165) is 98.5 Å². The number of aryl methyl sites for hydroxylation is 1. The maximum absolute atomic E-state index is 13.2. The van der Waals surface area contributed by atoms with Crippen molar-refractivity contribution in [1.29, 1.82) is 0 Å². The lowest BCUT2D eigenvalue weighted by molar-refractivity contribution is -0.136. The van der Waals surface area contributed by atoms with Gasteiger partial charge in [-0.25, -0.2) is 4.98 Å². The first kappa shape index (κ1) is 36.9. The number of anilines is 1. The Labute approximate surface area is 330 Å². The van der Waals surface area contributed by atoms with Gasteiger partial charge in [-0.3, -0.25) is 39.3 Å². The Morgan fingerprint density at radius 3 is 2.39 bits per heavy atom. The van der Waals surface area contributed by atoms with Gasteiger partial charge in [0.05, 0.1) is 22.7 Å². The highest BCUT2D eigenvalue weighted by Crippen LogP contribution is 2.34. The molecule has 6 heterocycles. The Balaban J connectivity index is 0.643. The molecule has 0 spiro atoms. The molecule has 3 fully saturated rings. The third-order valence-electron chi connectivity index (χ3n) is 12.1. The predicted molar refractivity (Wildman–Crippen MR) is 215 cm³/mol. The number of piperidine rings is 1. The summed E-state index contributed by atoms with van der Waals surface area (Å²) in [6.07, 6.45) is 12.6. The summed E-state index contributed by atoms with van der Waals surface area (Å²) in [5.74, 6) is -1.27. The minimum Gasteiger partial charge on any atom is -0.474 e. The molecule has 57 heavy (non-hydrogen) atoms. The average Bonchev–Trinajstić information content (AvgIpc) is 3.64. The zero-order valence-corrected chi connectivity index (χ0v) is 32.2. The van der Waals surface area contributed by atoms with Gasteiger partial charge in [0, 0.05) is 111 Å². The first-order valence-electron chi connectivity index (χ1n) is 20.2. The van der Waals surface area contributed by atoms with E-state index in [9.17, 15) is 19.2 Å². The lowest BCUT2D eigenvalue weighted by Crippen LogP contribution is -2.54. The smallest absolute Gasteiger partial charge is 0.262 e. The Morgan fingerprint density at radius 1 is 0.772 bits per heavy atom. The van der Waals surface area contributed by atoms with E-state index in [4.69, 9.17) is 9.47 Å². The predicted octanol–water partition coefficient (Wildman–Crippen LogP) is 5.50. The number of aromatic nitrogens is 3. The van der Waals surface area contributed by atoms with Crippen LogP contribution in [0.2, 0.25) is 0 Å². The third-order valence-corrected chi connectivity index (χ3v) is 12.1. The van der Waals surface area contributed by atoms with Crippen molar-refractivity contribution in [3.05, 3.63) is 84.3 Å². The molecule has 1 saturated carbocycles. The van der Waals surface area contributed by atoms with Crippen LogP contribution in [0.4, 0.5) is 5.69 Å². The van der Waals surface area contributed by atoms with Gasteiger partial charge >= 0.3 is 0 Å². The molecule has 1 aliphatic carbocycles. The number of fused-ring (bicyclic) bond motifs is 4. The van der Waals surface area contributed by atoms with Crippen LogP contribution in [0.25, 0.3) is 32.9 Å². The van der Waals surface area contributed by atoms with Gasteiger partial charge in [0.2, 0.25) is 17.7 Å². The molecule has 0 radical (unpaired) electrons. The number of hydrogen-bond acceptors (Lipinski definition) is 10. The Morgan fingerprint density at radius 2 is 1.58 bits per heavy atom. The van der Waals surface area contributed by atoms with E-state index in [1.807, 2.05) is 36.8 Å². The molecular weight excluding hydrogens is 723 g/mol. The van der Waals surface area contributed by atoms with Crippen molar-refractivity contribution in [3.63, 3.8) is 0 Å². The molecule has 0 bridgehead atoms.